The average molecular weight is 348 g/mol. The number of nitrogens with one attached hydrogen (secondary N) is 1. The van der Waals surface area contributed by atoms with E-state index in [1.807, 2.05) is 6.07 Å². The predicted molar refractivity (Wildman–Crippen MR) is 95.9 cm³/mol. The van der Waals surface area contributed by atoms with Crippen LogP contribution < -0.4 is 10.9 Å². The smallest absolute Gasteiger partial charge is 0.348 e. The van der Waals surface area contributed by atoms with Crippen LogP contribution in [-0.2, 0) is 16.1 Å². The number of nitriles is 1. The number of carbonyl (C=O) groups excluding carboxylic acids is 1. The number of nitrogens with zero attached hydrogens (tertiary/aromatic N) is 1. The van der Waals surface area contributed by atoms with Crippen molar-refractivity contribution in [2.24, 2.45) is 0 Å². The van der Waals surface area contributed by atoms with Crippen LogP contribution in [0.2, 0.25) is 0 Å². The van der Waals surface area contributed by atoms with Gasteiger partial charge in [0.05, 0.1) is 12.2 Å². The van der Waals surface area contributed by atoms with Gasteiger partial charge in [0.15, 0.2) is 0 Å². The number of esters is 1. The molecule has 0 amide bonds. The highest BCUT2D eigenvalue weighted by Crippen LogP contribution is 2.21. The summed E-state index contributed by atoms with van der Waals surface area (Å²) in [7, 11) is 0. The van der Waals surface area contributed by atoms with Crippen molar-refractivity contribution in [1.82, 2.24) is 5.32 Å². The maximum Gasteiger partial charge on any atom is 0.348 e. The molecule has 0 spiro atoms. The molecule has 0 saturated heterocycles. The largest absolute Gasteiger partial charge is 0.462 e. The molecule has 0 fully saturated rings. The van der Waals surface area contributed by atoms with Crippen molar-refractivity contribution in [3.63, 3.8) is 0 Å². The maximum atomic E-state index is 12.2. The molecule has 1 aromatic carbocycles. The molecule has 6 heteroatoms. The lowest BCUT2D eigenvalue weighted by atomic mass is 10.0. The van der Waals surface area contributed by atoms with E-state index in [9.17, 15) is 9.59 Å². The molecule has 26 heavy (non-hydrogen) atoms. The summed E-state index contributed by atoms with van der Waals surface area (Å²) in [6.07, 6.45) is 1.95. The highest BCUT2D eigenvalue weighted by atomic mass is 16.5. The molecule has 0 unspecified atom stereocenters. The van der Waals surface area contributed by atoms with Crippen molar-refractivity contribution in [2.75, 3.05) is 13.2 Å². The Morgan fingerprint density at radius 2 is 2.31 bits per heavy atom. The minimum atomic E-state index is -0.771. The summed E-state index contributed by atoms with van der Waals surface area (Å²) >= 11 is 0. The molecule has 1 aliphatic heterocycles. The molecule has 0 atom stereocenters. The number of ether oxygens (including phenoxy) is 1. The zero-order chi connectivity index (χ0) is 18.5. The Morgan fingerprint density at radius 3 is 3.08 bits per heavy atom. The Kier molecular flexibility index (Phi) is 5.17. The SMILES string of the molecule is CCOC(=O)C(C#N)=Cc1cc2cc3c(cc2oc1=O)C#CCCNC3. The highest BCUT2D eigenvalue weighted by molar-refractivity contribution is 5.98. The normalized spacial score (nSPS) is 13.6. The van der Waals surface area contributed by atoms with Crippen LogP contribution in [0.4, 0.5) is 0 Å². The van der Waals surface area contributed by atoms with E-state index in [1.54, 1.807) is 25.1 Å². The van der Waals surface area contributed by atoms with Crippen molar-refractivity contribution in [3.8, 4) is 17.9 Å². The van der Waals surface area contributed by atoms with Crippen molar-refractivity contribution < 1.29 is 13.9 Å². The standard InChI is InChI=1S/C20H16N2O4/c1-2-25-19(23)16(11-21)9-15-7-14-8-17-12-22-6-4-3-5-13(17)10-18(14)26-20(15)24/h7-10,22H,2,4,6,12H2,1H3. The first-order valence-electron chi connectivity index (χ1n) is 8.21. The zero-order valence-electron chi connectivity index (χ0n) is 14.2. The van der Waals surface area contributed by atoms with Gasteiger partial charge in [-0.3, -0.25) is 0 Å². The van der Waals surface area contributed by atoms with E-state index in [4.69, 9.17) is 14.4 Å². The summed E-state index contributed by atoms with van der Waals surface area (Å²) in [6.45, 7) is 3.26. The van der Waals surface area contributed by atoms with E-state index in [2.05, 4.69) is 17.2 Å². The Bertz CT molecular complexity index is 1060. The zero-order valence-corrected chi connectivity index (χ0v) is 14.2. The summed E-state index contributed by atoms with van der Waals surface area (Å²) in [5.74, 6) is 5.39. The Balaban J connectivity index is 2.11. The lowest BCUT2D eigenvalue weighted by molar-refractivity contribution is -0.137. The van der Waals surface area contributed by atoms with E-state index >= 15 is 0 Å². The lowest BCUT2D eigenvalue weighted by Crippen LogP contribution is -2.16. The van der Waals surface area contributed by atoms with Gasteiger partial charge in [-0.1, -0.05) is 11.8 Å². The van der Waals surface area contributed by atoms with Gasteiger partial charge in [-0.25, -0.2) is 9.59 Å². The number of carbonyl (C=O) groups is 1. The first-order valence-corrected chi connectivity index (χ1v) is 8.21. The molecule has 0 radical (unpaired) electrons. The van der Waals surface area contributed by atoms with Gasteiger partial charge in [-0.05, 0) is 36.8 Å². The second-order valence-electron chi connectivity index (χ2n) is 5.66. The van der Waals surface area contributed by atoms with Crippen LogP contribution in [0.15, 0.2) is 33.0 Å². The van der Waals surface area contributed by atoms with E-state index in [0.29, 0.717) is 17.5 Å². The maximum absolute atomic E-state index is 12.2. The molecular formula is C20H16N2O4. The molecule has 130 valence electrons. The Hall–Kier alpha value is -3.35. The van der Waals surface area contributed by atoms with Gasteiger partial charge < -0.3 is 14.5 Å². The number of rotatable bonds is 3. The van der Waals surface area contributed by atoms with Crippen LogP contribution in [0, 0.1) is 23.2 Å². The molecule has 6 nitrogen and oxygen atoms in total. The van der Waals surface area contributed by atoms with Gasteiger partial charge >= 0.3 is 11.6 Å². The van der Waals surface area contributed by atoms with Crippen LogP contribution in [0.1, 0.15) is 30.0 Å². The molecule has 3 rings (SSSR count). The summed E-state index contributed by atoms with van der Waals surface area (Å²) in [6, 6.07) is 7.00. The third-order valence-electron chi connectivity index (χ3n) is 3.87. The van der Waals surface area contributed by atoms with Gasteiger partial charge in [-0.15, -0.1) is 0 Å². The summed E-state index contributed by atoms with van der Waals surface area (Å²) in [5.41, 5.74) is 1.46. The molecule has 1 aromatic heterocycles. The van der Waals surface area contributed by atoms with Gasteiger partial charge in [-0.2, -0.15) is 5.26 Å². The molecule has 0 aliphatic carbocycles. The Morgan fingerprint density at radius 1 is 1.46 bits per heavy atom. The topological polar surface area (TPSA) is 92.3 Å². The van der Waals surface area contributed by atoms with E-state index < -0.39 is 11.6 Å². The first-order chi connectivity index (χ1) is 12.6. The molecule has 0 saturated carbocycles. The monoisotopic (exact) mass is 348 g/mol. The number of hydrogen-bond acceptors (Lipinski definition) is 6. The fraction of sp³-hybridized carbons (Fsp3) is 0.250. The predicted octanol–water partition coefficient (Wildman–Crippen LogP) is 2.11. The summed E-state index contributed by atoms with van der Waals surface area (Å²) in [5, 5.41) is 13.1. The first kappa shape index (κ1) is 17.5. The Labute approximate surface area is 150 Å². The van der Waals surface area contributed by atoms with Crippen molar-refractivity contribution in [1.29, 1.82) is 5.26 Å². The van der Waals surface area contributed by atoms with Gasteiger partial charge in [0, 0.05) is 30.5 Å². The van der Waals surface area contributed by atoms with E-state index in [0.717, 1.165) is 24.1 Å². The lowest BCUT2D eigenvalue weighted by Gasteiger charge is -2.10. The fourth-order valence-electron chi connectivity index (χ4n) is 2.63. The molecule has 1 aliphatic rings. The highest BCUT2D eigenvalue weighted by Gasteiger charge is 2.13. The number of benzene rings is 1. The minimum Gasteiger partial charge on any atom is -0.462 e. The molecule has 2 aromatic rings. The van der Waals surface area contributed by atoms with Crippen molar-refractivity contribution in [3.05, 3.63) is 50.9 Å². The van der Waals surface area contributed by atoms with Crippen LogP contribution in [0.5, 0.6) is 0 Å². The van der Waals surface area contributed by atoms with Gasteiger partial charge in [0.2, 0.25) is 0 Å². The second-order valence-corrected chi connectivity index (χ2v) is 5.66. The third kappa shape index (κ3) is 3.66. The third-order valence-corrected chi connectivity index (χ3v) is 3.87. The minimum absolute atomic E-state index is 0.118. The van der Waals surface area contributed by atoms with Crippen molar-refractivity contribution >= 4 is 23.0 Å². The van der Waals surface area contributed by atoms with Crippen LogP contribution in [0.25, 0.3) is 17.0 Å². The molecular weight excluding hydrogens is 332 g/mol. The van der Waals surface area contributed by atoms with Crippen LogP contribution >= 0.6 is 0 Å². The van der Waals surface area contributed by atoms with Gasteiger partial charge in [0.25, 0.3) is 0 Å². The van der Waals surface area contributed by atoms with Crippen LogP contribution in [-0.4, -0.2) is 19.1 Å². The summed E-state index contributed by atoms with van der Waals surface area (Å²) < 4.78 is 10.2. The fourth-order valence-corrected chi connectivity index (χ4v) is 2.63. The van der Waals surface area contributed by atoms with E-state index in [-0.39, 0.29) is 17.7 Å². The second kappa shape index (κ2) is 7.69. The average Bonchev–Trinajstić information content (AvgIpc) is 2.60. The molecule has 1 N–H and O–H groups in total. The summed E-state index contributed by atoms with van der Waals surface area (Å²) in [4.78, 5) is 24.0. The van der Waals surface area contributed by atoms with Gasteiger partial charge in [0.1, 0.15) is 17.2 Å². The number of fused-ring (bicyclic) bond motifs is 2. The quantitative estimate of drug-likeness (QED) is 0.300. The van der Waals surface area contributed by atoms with Crippen molar-refractivity contribution in [2.45, 2.75) is 19.9 Å². The molecule has 0 bridgehead atoms. The van der Waals surface area contributed by atoms with Crippen LogP contribution in [0.3, 0.4) is 0 Å². The molecule has 2 heterocycles. The number of hydrogen-bond donors (Lipinski definition) is 1. The van der Waals surface area contributed by atoms with E-state index in [1.165, 1.54) is 6.08 Å².